The predicted octanol–water partition coefficient (Wildman–Crippen LogP) is 2.67. The van der Waals surface area contributed by atoms with Crippen molar-refractivity contribution in [2.45, 2.75) is 20.8 Å². The zero-order valence-corrected chi connectivity index (χ0v) is 16.7. The highest BCUT2D eigenvalue weighted by atomic mass is 19.1. The smallest absolute Gasteiger partial charge is 0.341 e. The molecular formula is C21H23FN2O5. The van der Waals surface area contributed by atoms with Gasteiger partial charge in [-0.2, -0.15) is 0 Å². The Labute approximate surface area is 168 Å². The first kappa shape index (κ1) is 21.9. The van der Waals surface area contributed by atoms with Crippen LogP contribution in [0.15, 0.2) is 30.3 Å². The van der Waals surface area contributed by atoms with Crippen molar-refractivity contribution in [3.05, 3.63) is 58.4 Å². The second-order valence-electron chi connectivity index (χ2n) is 6.52. The summed E-state index contributed by atoms with van der Waals surface area (Å²) in [6.45, 7) is 4.79. The monoisotopic (exact) mass is 402 g/mol. The van der Waals surface area contributed by atoms with Gasteiger partial charge in [-0.25, -0.2) is 9.18 Å². The van der Waals surface area contributed by atoms with E-state index < -0.39 is 30.2 Å². The minimum atomic E-state index is -0.990. The summed E-state index contributed by atoms with van der Waals surface area (Å²) in [5, 5.41) is 5.10. The van der Waals surface area contributed by atoms with Gasteiger partial charge in [0.25, 0.3) is 5.91 Å². The largest absolute Gasteiger partial charge is 0.497 e. The van der Waals surface area contributed by atoms with Gasteiger partial charge in [0.2, 0.25) is 5.91 Å². The number of methoxy groups -OCH3 is 1. The Morgan fingerprint density at radius 1 is 1.00 bits per heavy atom. The molecule has 8 heteroatoms. The minimum Gasteiger partial charge on any atom is -0.497 e. The summed E-state index contributed by atoms with van der Waals surface area (Å²) in [6, 6.07) is 7.53. The highest BCUT2D eigenvalue weighted by Gasteiger charge is 2.16. The lowest BCUT2D eigenvalue weighted by Gasteiger charge is -2.13. The second-order valence-corrected chi connectivity index (χ2v) is 6.52. The van der Waals surface area contributed by atoms with Crippen LogP contribution in [0.1, 0.15) is 27.0 Å². The van der Waals surface area contributed by atoms with Crippen molar-refractivity contribution >= 4 is 23.5 Å². The van der Waals surface area contributed by atoms with E-state index in [-0.39, 0.29) is 17.9 Å². The molecule has 0 fully saturated rings. The molecule has 2 N–H and O–H groups in total. The molecule has 2 amide bonds. The quantitative estimate of drug-likeness (QED) is 0.695. The second kappa shape index (κ2) is 9.68. The van der Waals surface area contributed by atoms with E-state index >= 15 is 0 Å². The van der Waals surface area contributed by atoms with Crippen LogP contribution in [0.3, 0.4) is 0 Å². The molecule has 7 nitrogen and oxygen atoms in total. The van der Waals surface area contributed by atoms with E-state index in [4.69, 9.17) is 9.47 Å². The van der Waals surface area contributed by atoms with E-state index in [1.807, 2.05) is 32.9 Å². The van der Waals surface area contributed by atoms with Crippen LogP contribution in [-0.2, 0) is 14.3 Å². The molecule has 29 heavy (non-hydrogen) atoms. The highest BCUT2D eigenvalue weighted by Crippen LogP contribution is 2.21. The fourth-order valence-corrected chi connectivity index (χ4v) is 2.79. The molecule has 0 unspecified atom stereocenters. The van der Waals surface area contributed by atoms with Crippen molar-refractivity contribution in [2.24, 2.45) is 0 Å². The molecule has 0 aliphatic rings. The summed E-state index contributed by atoms with van der Waals surface area (Å²) in [7, 11) is 1.37. The minimum absolute atomic E-state index is 0.252. The molecule has 0 bridgehead atoms. The predicted molar refractivity (Wildman–Crippen MR) is 106 cm³/mol. The molecule has 0 radical (unpaired) electrons. The van der Waals surface area contributed by atoms with Gasteiger partial charge in [-0.15, -0.1) is 0 Å². The number of hydrogen-bond donors (Lipinski definition) is 2. The van der Waals surface area contributed by atoms with Crippen molar-refractivity contribution in [3.63, 3.8) is 0 Å². The standard InChI is InChI=1S/C21H23FN2O5/c1-12-7-13(2)20(14(3)8-12)24-18(25)10-23-19(26)11-29-21(27)16-6-5-15(28-4)9-17(16)22/h5-9H,10-11H2,1-4H3,(H,23,26)(H,24,25). The molecule has 0 atom stereocenters. The normalized spacial score (nSPS) is 10.2. The molecule has 0 aromatic heterocycles. The van der Waals surface area contributed by atoms with Gasteiger partial charge in [-0.1, -0.05) is 17.7 Å². The number of rotatable bonds is 7. The molecular weight excluding hydrogens is 379 g/mol. The van der Waals surface area contributed by atoms with Crippen molar-refractivity contribution < 1.29 is 28.2 Å². The first-order valence-electron chi connectivity index (χ1n) is 8.86. The Kier molecular flexibility index (Phi) is 7.30. The molecule has 0 saturated heterocycles. The van der Waals surface area contributed by atoms with E-state index in [2.05, 4.69) is 10.6 Å². The summed E-state index contributed by atoms with van der Waals surface area (Å²) in [5.74, 6) is -2.66. The Balaban J connectivity index is 1.82. The van der Waals surface area contributed by atoms with E-state index in [0.717, 1.165) is 22.8 Å². The number of nitrogens with one attached hydrogen (secondary N) is 2. The maximum absolute atomic E-state index is 13.8. The van der Waals surface area contributed by atoms with Crippen LogP contribution >= 0.6 is 0 Å². The average molecular weight is 402 g/mol. The molecule has 154 valence electrons. The Morgan fingerprint density at radius 3 is 2.24 bits per heavy atom. The van der Waals surface area contributed by atoms with Crippen molar-refractivity contribution in [1.29, 1.82) is 0 Å². The summed E-state index contributed by atoms with van der Waals surface area (Å²) < 4.78 is 23.5. The number of anilines is 1. The number of esters is 1. The Morgan fingerprint density at radius 2 is 1.66 bits per heavy atom. The number of carbonyl (C=O) groups excluding carboxylic acids is 3. The summed E-state index contributed by atoms with van der Waals surface area (Å²) in [5.41, 5.74) is 3.29. The fourth-order valence-electron chi connectivity index (χ4n) is 2.79. The summed E-state index contributed by atoms with van der Waals surface area (Å²) >= 11 is 0. The van der Waals surface area contributed by atoms with E-state index in [0.29, 0.717) is 5.69 Å². The number of ether oxygens (including phenoxy) is 2. The molecule has 2 aromatic carbocycles. The third-order valence-corrected chi connectivity index (χ3v) is 4.12. The Hall–Kier alpha value is -3.42. The van der Waals surface area contributed by atoms with Gasteiger partial charge < -0.3 is 20.1 Å². The lowest BCUT2D eigenvalue weighted by Crippen LogP contribution is -2.35. The molecule has 0 heterocycles. The molecule has 0 aliphatic carbocycles. The van der Waals surface area contributed by atoms with Crippen LogP contribution in [0.25, 0.3) is 0 Å². The number of halogens is 1. The molecule has 0 aliphatic heterocycles. The number of amides is 2. The van der Waals surface area contributed by atoms with Gasteiger partial charge in [0.1, 0.15) is 11.6 Å². The molecule has 2 rings (SSSR count). The lowest BCUT2D eigenvalue weighted by atomic mass is 10.1. The van der Waals surface area contributed by atoms with Crippen LogP contribution < -0.4 is 15.4 Å². The van der Waals surface area contributed by atoms with Crippen molar-refractivity contribution in [3.8, 4) is 5.75 Å². The van der Waals surface area contributed by atoms with Gasteiger partial charge in [0.05, 0.1) is 19.2 Å². The maximum Gasteiger partial charge on any atom is 0.341 e. The molecule has 2 aromatic rings. The first-order valence-corrected chi connectivity index (χ1v) is 8.86. The van der Waals surface area contributed by atoms with Crippen LogP contribution in [0, 0.1) is 26.6 Å². The number of carbonyl (C=O) groups is 3. The van der Waals surface area contributed by atoms with Crippen LogP contribution in [0.5, 0.6) is 5.75 Å². The zero-order chi connectivity index (χ0) is 21.6. The summed E-state index contributed by atoms with van der Waals surface area (Å²) in [6.07, 6.45) is 0. The fraction of sp³-hybridized carbons (Fsp3) is 0.286. The highest BCUT2D eigenvalue weighted by molar-refractivity contribution is 5.96. The first-order chi connectivity index (χ1) is 13.7. The zero-order valence-electron chi connectivity index (χ0n) is 16.7. The van der Waals surface area contributed by atoms with Crippen molar-refractivity contribution in [1.82, 2.24) is 5.32 Å². The lowest BCUT2D eigenvalue weighted by molar-refractivity contribution is -0.126. The van der Waals surface area contributed by atoms with Gasteiger partial charge in [-0.05, 0) is 44.0 Å². The van der Waals surface area contributed by atoms with Crippen molar-refractivity contribution in [2.75, 3.05) is 25.6 Å². The number of benzene rings is 2. The van der Waals surface area contributed by atoms with Gasteiger partial charge >= 0.3 is 5.97 Å². The third kappa shape index (κ3) is 6.03. The number of aryl methyl sites for hydroxylation is 3. The topological polar surface area (TPSA) is 93.7 Å². The SMILES string of the molecule is COc1ccc(C(=O)OCC(=O)NCC(=O)Nc2c(C)cc(C)cc2C)c(F)c1. The average Bonchev–Trinajstić information content (AvgIpc) is 2.67. The van der Waals surface area contributed by atoms with E-state index in [9.17, 15) is 18.8 Å². The van der Waals surface area contributed by atoms with E-state index in [1.54, 1.807) is 0 Å². The molecule has 0 spiro atoms. The number of hydrogen-bond acceptors (Lipinski definition) is 5. The van der Waals surface area contributed by atoms with E-state index in [1.165, 1.54) is 19.2 Å². The van der Waals surface area contributed by atoms with Crippen LogP contribution in [-0.4, -0.2) is 38.0 Å². The third-order valence-electron chi connectivity index (χ3n) is 4.12. The molecule has 0 saturated carbocycles. The Bertz CT molecular complexity index is 920. The van der Waals surface area contributed by atoms with Gasteiger partial charge in [0.15, 0.2) is 6.61 Å². The summed E-state index contributed by atoms with van der Waals surface area (Å²) in [4.78, 5) is 35.8. The van der Waals surface area contributed by atoms with Gasteiger partial charge in [0, 0.05) is 11.8 Å². The maximum atomic E-state index is 13.8. The van der Waals surface area contributed by atoms with Crippen LogP contribution in [0.2, 0.25) is 0 Å². The van der Waals surface area contributed by atoms with Gasteiger partial charge in [-0.3, -0.25) is 9.59 Å². The van der Waals surface area contributed by atoms with Crippen LogP contribution in [0.4, 0.5) is 10.1 Å².